The van der Waals surface area contributed by atoms with Gasteiger partial charge in [-0.3, -0.25) is 4.68 Å². The number of hydrogen-bond donors (Lipinski definition) is 2. The van der Waals surface area contributed by atoms with Crippen LogP contribution in [0.5, 0.6) is 5.75 Å². The predicted octanol–water partition coefficient (Wildman–Crippen LogP) is 3.76. The van der Waals surface area contributed by atoms with Crippen LogP contribution >= 0.6 is 0 Å². The van der Waals surface area contributed by atoms with Crippen molar-refractivity contribution in [2.45, 2.75) is 19.6 Å². The van der Waals surface area contributed by atoms with Gasteiger partial charge >= 0.3 is 0 Å². The first-order valence-corrected chi connectivity index (χ1v) is 10.3. The summed E-state index contributed by atoms with van der Waals surface area (Å²) < 4.78 is 37.3. The van der Waals surface area contributed by atoms with E-state index in [1.165, 1.54) is 12.1 Å². The average Bonchev–Trinajstić information content (AvgIpc) is 3.44. The van der Waals surface area contributed by atoms with Gasteiger partial charge in [0.05, 0.1) is 30.6 Å². The number of halogens is 2. The van der Waals surface area contributed by atoms with E-state index in [0.717, 1.165) is 28.2 Å². The van der Waals surface area contributed by atoms with Gasteiger partial charge in [-0.2, -0.15) is 10.2 Å². The van der Waals surface area contributed by atoms with E-state index in [1.807, 2.05) is 31.3 Å². The zero-order valence-electron chi connectivity index (χ0n) is 17.6. The number of aliphatic hydroxyl groups is 1. The Balaban J connectivity index is 1.60. The Bertz CT molecular complexity index is 1470. The fraction of sp³-hybridized carbons (Fsp3) is 0.174. The molecule has 1 atom stereocenters. The van der Waals surface area contributed by atoms with Crippen molar-refractivity contribution in [1.29, 1.82) is 0 Å². The number of rotatable bonds is 6. The smallest absolute Gasteiger partial charge is 0.166 e. The summed E-state index contributed by atoms with van der Waals surface area (Å²) in [4.78, 5) is 4.07. The lowest BCUT2D eigenvalue weighted by Crippen LogP contribution is -2.11. The number of anilines is 1. The second-order valence-corrected chi connectivity index (χ2v) is 7.60. The molecular formula is C23H20F2N6O2. The first-order valence-electron chi connectivity index (χ1n) is 10.3. The highest BCUT2D eigenvalue weighted by atomic mass is 19.1. The molecule has 0 amide bonds. The zero-order valence-corrected chi connectivity index (χ0v) is 17.6. The minimum absolute atomic E-state index is 0.00750. The molecule has 0 fully saturated rings. The summed E-state index contributed by atoms with van der Waals surface area (Å²) in [5, 5.41) is 19.2. The molecule has 0 aliphatic carbocycles. The van der Waals surface area contributed by atoms with E-state index >= 15 is 0 Å². The molecule has 0 spiro atoms. The number of nitrogen functional groups attached to an aromatic ring is 1. The summed E-state index contributed by atoms with van der Waals surface area (Å²) in [5.74, 6) is -1.31. The van der Waals surface area contributed by atoms with Gasteiger partial charge in [-0.05, 0) is 37.3 Å². The number of nitrogens with zero attached hydrogens (tertiary/aromatic N) is 5. The molecule has 0 aliphatic heterocycles. The summed E-state index contributed by atoms with van der Waals surface area (Å²) in [6.45, 7) is 2.13. The summed E-state index contributed by atoms with van der Waals surface area (Å²) in [6.07, 6.45) is 4.67. The van der Waals surface area contributed by atoms with Gasteiger partial charge in [0.1, 0.15) is 17.4 Å². The van der Waals surface area contributed by atoms with E-state index in [2.05, 4.69) is 15.2 Å². The molecule has 3 N–H and O–H groups in total. The highest BCUT2D eigenvalue weighted by Gasteiger charge is 2.20. The van der Waals surface area contributed by atoms with Gasteiger partial charge in [0, 0.05) is 34.8 Å². The van der Waals surface area contributed by atoms with Gasteiger partial charge in [-0.25, -0.2) is 18.4 Å². The fourth-order valence-electron chi connectivity index (χ4n) is 3.89. The summed E-state index contributed by atoms with van der Waals surface area (Å²) in [7, 11) is 0. The minimum Gasteiger partial charge on any atom is -0.482 e. The number of fused-ring (bicyclic) bond motifs is 2. The number of ether oxygens (including phenoxy) is 1. The van der Waals surface area contributed by atoms with Gasteiger partial charge in [-0.1, -0.05) is 0 Å². The van der Waals surface area contributed by atoms with Crippen LogP contribution in [0.4, 0.5) is 14.6 Å². The number of aliphatic hydroxyl groups excluding tert-OH is 1. The molecule has 168 valence electrons. The maximum absolute atomic E-state index is 14.1. The van der Waals surface area contributed by atoms with E-state index in [0.29, 0.717) is 6.54 Å². The topological polar surface area (TPSA) is 104 Å². The lowest BCUT2D eigenvalue weighted by atomic mass is 10.1. The molecule has 10 heteroatoms. The Morgan fingerprint density at radius 3 is 2.73 bits per heavy atom. The van der Waals surface area contributed by atoms with Crippen LogP contribution in [0, 0.1) is 11.6 Å². The molecule has 8 nitrogen and oxygen atoms in total. The largest absolute Gasteiger partial charge is 0.482 e. The van der Waals surface area contributed by atoms with E-state index in [4.69, 9.17) is 10.5 Å². The average molecular weight is 450 g/mol. The summed E-state index contributed by atoms with van der Waals surface area (Å²) in [5.41, 5.74) is 8.37. The van der Waals surface area contributed by atoms with Crippen LogP contribution in [0.3, 0.4) is 0 Å². The molecule has 0 unspecified atom stereocenters. The van der Waals surface area contributed by atoms with Crippen molar-refractivity contribution in [3.8, 4) is 11.4 Å². The number of pyridine rings is 1. The van der Waals surface area contributed by atoms with Crippen LogP contribution in [-0.4, -0.2) is 36.3 Å². The number of hydrogen-bond acceptors (Lipinski definition) is 6. The molecule has 2 aromatic carbocycles. The van der Waals surface area contributed by atoms with Crippen molar-refractivity contribution in [2.75, 3.05) is 12.3 Å². The molecule has 5 aromatic rings. The van der Waals surface area contributed by atoms with E-state index in [1.54, 1.807) is 21.8 Å². The van der Waals surface area contributed by atoms with Gasteiger partial charge in [0.2, 0.25) is 0 Å². The first-order chi connectivity index (χ1) is 15.9. The maximum atomic E-state index is 14.1. The molecule has 5 rings (SSSR count). The van der Waals surface area contributed by atoms with Crippen LogP contribution in [0.25, 0.3) is 27.5 Å². The maximum Gasteiger partial charge on any atom is 0.166 e. The van der Waals surface area contributed by atoms with Crippen molar-refractivity contribution in [3.05, 3.63) is 72.2 Å². The van der Waals surface area contributed by atoms with Crippen molar-refractivity contribution >= 4 is 27.6 Å². The second kappa shape index (κ2) is 8.14. The van der Waals surface area contributed by atoms with Crippen LogP contribution in [0.2, 0.25) is 0 Å². The summed E-state index contributed by atoms with van der Waals surface area (Å²) in [6, 6.07) is 9.08. The normalized spacial score (nSPS) is 12.5. The fourth-order valence-corrected chi connectivity index (χ4v) is 3.89. The van der Waals surface area contributed by atoms with Gasteiger partial charge < -0.3 is 15.6 Å². The second-order valence-electron chi connectivity index (χ2n) is 7.60. The highest BCUT2D eigenvalue weighted by Crippen LogP contribution is 2.34. The van der Waals surface area contributed by atoms with E-state index < -0.39 is 17.7 Å². The highest BCUT2D eigenvalue weighted by molar-refractivity contribution is 5.84. The van der Waals surface area contributed by atoms with Gasteiger partial charge in [0.15, 0.2) is 17.4 Å². The van der Waals surface area contributed by atoms with E-state index in [-0.39, 0.29) is 29.1 Å². The third kappa shape index (κ3) is 3.74. The number of benzene rings is 2. The lowest BCUT2D eigenvalue weighted by Gasteiger charge is -2.20. The SMILES string of the molecule is C[C@H](Oc1cc2cc(F)cc(F)c2nc1N)c1cc2c(cnn2CCO)cc1-n1cccn1. The standard InChI is InChI=1S/C23H20F2N6O2/c1-13(33-21-9-14-7-16(24)10-18(25)22(14)29-23(21)26)17-11-19-15(12-28-31(19)5-6-32)8-20(17)30-4-2-3-27-30/h2-4,7-13,32H,5-6H2,1H3,(H2,26,29)/t13-/m0/s1. The molecule has 3 heterocycles. The first kappa shape index (κ1) is 20.8. The molecule has 0 radical (unpaired) electrons. The number of nitrogens with two attached hydrogens (primary N) is 1. The van der Waals surface area contributed by atoms with Crippen LogP contribution in [0.15, 0.2) is 55.0 Å². The third-order valence-electron chi connectivity index (χ3n) is 5.42. The quantitative estimate of drug-likeness (QED) is 0.408. The van der Waals surface area contributed by atoms with Crippen molar-refractivity contribution in [3.63, 3.8) is 0 Å². The molecule has 0 saturated heterocycles. The zero-order chi connectivity index (χ0) is 23.1. The van der Waals surface area contributed by atoms with Crippen LogP contribution in [0.1, 0.15) is 18.6 Å². The van der Waals surface area contributed by atoms with Crippen molar-refractivity contribution in [2.24, 2.45) is 0 Å². The molecule has 0 aliphatic rings. The Labute approximate surface area is 186 Å². The molecular weight excluding hydrogens is 430 g/mol. The molecule has 33 heavy (non-hydrogen) atoms. The van der Waals surface area contributed by atoms with Gasteiger partial charge in [-0.15, -0.1) is 0 Å². The van der Waals surface area contributed by atoms with E-state index in [9.17, 15) is 13.9 Å². The van der Waals surface area contributed by atoms with Gasteiger partial charge in [0.25, 0.3) is 0 Å². The molecule has 0 saturated carbocycles. The van der Waals surface area contributed by atoms with Crippen molar-refractivity contribution < 1.29 is 18.6 Å². The Morgan fingerprint density at radius 1 is 1.12 bits per heavy atom. The number of aromatic nitrogens is 5. The summed E-state index contributed by atoms with van der Waals surface area (Å²) >= 11 is 0. The predicted molar refractivity (Wildman–Crippen MR) is 119 cm³/mol. The Hall–Kier alpha value is -4.05. The minimum atomic E-state index is -0.792. The Morgan fingerprint density at radius 2 is 1.97 bits per heavy atom. The lowest BCUT2D eigenvalue weighted by molar-refractivity contribution is 0.227. The van der Waals surface area contributed by atoms with Crippen molar-refractivity contribution in [1.82, 2.24) is 24.5 Å². The monoisotopic (exact) mass is 450 g/mol. The molecule has 3 aromatic heterocycles. The molecule has 0 bridgehead atoms. The van der Waals surface area contributed by atoms with Crippen LogP contribution in [-0.2, 0) is 6.54 Å². The third-order valence-corrected chi connectivity index (χ3v) is 5.42. The Kier molecular flexibility index (Phi) is 5.14. The van der Waals surface area contributed by atoms with Crippen LogP contribution < -0.4 is 10.5 Å².